The number of benzene rings is 2. The molecule has 2 atom stereocenters. The van der Waals surface area contributed by atoms with E-state index in [4.69, 9.17) is 14.3 Å². The Morgan fingerprint density at radius 2 is 1.83 bits per heavy atom. The zero-order valence-electron chi connectivity index (χ0n) is 19.5. The van der Waals surface area contributed by atoms with E-state index in [1.807, 2.05) is 54.6 Å². The fourth-order valence-electron chi connectivity index (χ4n) is 4.80. The summed E-state index contributed by atoms with van der Waals surface area (Å²) in [6, 6.07) is 18.2. The van der Waals surface area contributed by atoms with Crippen LogP contribution in [0.2, 0.25) is 0 Å². The molecule has 0 aliphatic heterocycles. The van der Waals surface area contributed by atoms with Crippen LogP contribution in [-0.2, 0) is 4.79 Å². The van der Waals surface area contributed by atoms with Crippen LogP contribution in [-0.4, -0.2) is 46.8 Å². The first-order valence-electron chi connectivity index (χ1n) is 11.8. The lowest BCUT2D eigenvalue weighted by molar-refractivity contribution is -0.136. The number of rotatable bonds is 8. The second kappa shape index (κ2) is 10.1. The predicted octanol–water partition coefficient (Wildman–Crippen LogP) is 4.96. The van der Waals surface area contributed by atoms with Gasteiger partial charge in [0.1, 0.15) is 23.7 Å². The van der Waals surface area contributed by atoms with Gasteiger partial charge in [-0.1, -0.05) is 42.5 Å². The summed E-state index contributed by atoms with van der Waals surface area (Å²) in [6.07, 6.45) is 5.29. The van der Waals surface area contributed by atoms with Crippen LogP contribution in [0.25, 0.3) is 33.6 Å². The third kappa shape index (κ3) is 4.97. The van der Waals surface area contributed by atoms with Crippen LogP contribution in [0.5, 0.6) is 5.75 Å². The molecular weight excluding hydrogens is 444 g/mol. The van der Waals surface area contributed by atoms with Crippen LogP contribution in [0.15, 0.2) is 65.3 Å². The maximum Gasteiger partial charge on any atom is 0.317 e. The molecule has 0 saturated heterocycles. The zero-order valence-corrected chi connectivity index (χ0v) is 19.5. The van der Waals surface area contributed by atoms with Crippen molar-refractivity contribution in [1.29, 1.82) is 0 Å². The first-order valence-corrected chi connectivity index (χ1v) is 11.8. The van der Waals surface area contributed by atoms with E-state index in [0.29, 0.717) is 5.71 Å². The molecule has 4 aromatic rings. The second-order valence-corrected chi connectivity index (χ2v) is 8.78. The van der Waals surface area contributed by atoms with E-state index in [9.17, 15) is 4.79 Å². The summed E-state index contributed by atoms with van der Waals surface area (Å²) in [4.78, 5) is 20.0. The summed E-state index contributed by atoms with van der Waals surface area (Å²) in [7, 11) is 1.65. The summed E-state index contributed by atoms with van der Waals surface area (Å²) in [6.45, 7) is -0.0288. The van der Waals surface area contributed by atoms with E-state index in [1.54, 1.807) is 7.11 Å². The fraction of sp³-hybridized carbons (Fsp3) is 0.296. The Kier molecular flexibility index (Phi) is 6.63. The Labute approximate surface area is 203 Å². The number of ether oxygens (including phenoxy) is 1. The summed E-state index contributed by atoms with van der Waals surface area (Å²) >= 11 is 0. The summed E-state index contributed by atoms with van der Waals surface area (Å²) < 4.78 is 11.7. The van der Waals surface area contributed by atoms with Gasteiger partial charge < -0.3 is 24.9 Å². The Morgan fingerprint density at radius 3 is 2.57 bits per heavy atom. The summed E-state index contributed by atoms with van der Waals surface area (Å²) in [5.41, 5.74) is 3.38. The van der Waals surface area contributed by atoms with Gasteiger partial charge in [0, 0.05) is 23.2 Å². The highest BCUT2D eigenvalue weighted by Gasteiger charge is 2.26. The number of carboxylic acids is 1. The number of carboxylic acid groups (broad SMARTS) is 1. The Bertz CT molecular complexity index is 1300. The number of nitrogens with zero attached hydrogens (tertiary/aromatic N) is 2. The maximum atomic E-state index is 11.0. The van der Waals surface area contributed by atoms with E-state index in [1.165, 1.54) is 6.33 Å². The first kappa shape index (κ1) is 22.9. The smallest absolute Gasteiger partial charge is 0.317 e. The van der Waals surface area contributed by atoms with Crippen LogP contribution >= 0.6 is 0 Å². The minimum atomic E-state index is -0.839. The molecular formula is C27H28N4O4. The number of aromatic nitrogens is 2. The Morgan fingerprint density at radius 1 is 1.06 bits per heavy atom. The molecule has 0 amide bonds. The third-order valence-corrected chi connectivity index (χ3v) is 6.46. The molecule has 8 nitrogen and oxygen atoms in total. The zero-order chi connectivity index (χ0) is 24.2. The summed E-state index contributed by atoms with van der Waals surface area (Å²) in [5.74, 6) is 1.39. The molecule has 8 heteroatoms. The molecule has 1 aliphatic rings. The van der Waals surface area contributed by atoms with Crippen LogP contribution in [0.3, 0.4) is 0 Å². The average molecular weight is 473 g/mol. The number of aliphatic carboxylic acids is 1. The largest absolute Gasteiger partial charge is 0.497 e. The van der Waals surface area contributed by atoms with Crippen molar-refractivity contribution in [3.05, 3.63) is 60.9 Å². The van der Waals surface area contributed by atoms with Crippen LogP contribution in [0.4, 0.5) is 5.82 Å². The topological polar surface area (TPSA) is 110 Å². The standard InChI is InChI=1S/C27H28N4O4/c1-34-21-12-10-17(11-13-21)23-24-26(31-20-9-5-8-19(14-20)28-15-22(32)33)29-16-30-27(24)35-25(23)18-6-3-2-4-7-18/h2-4,6-7,10-13,16,19-20,28H,5,8-9,14-15H2,1H3,(H,32,33)(H,29,30,31)/t19-,20+/m0/s1. The van der Waals surface area contributed by atoms with Crippen molar-refractivity contribution in [3.63, 3.8) is 0 Å². The minimum absolute atomic E-state index is 0.0288. The number of furan rings is 1. The van der Waals surface area contributed by atoms with Crippen molar-refractivity contribution in [3.8, 4) is 28.2 Å². The fourth-order valence-corrected chi connectivity index (χ4v) is 4.80. The number of hydrogen-bond donors (Lipinski definition) is 3. The number of nitrogens with one attached hydrogen (secondary N) is 2. The number of fused-ring (bicyclic) bond motifs is 1. The molecule has 1 saturated carbocycles. The van der Waals surface area contributed by atoms with Gasteiger partial charge in [0.05, 0.1) is 19.0 Å². The van der Waals surface area contributed by atoms with Crippen LogP contribution < -0.4 is 15.4 Å². The number of carbonyl (C=O) groups is 1. The van der Waals surface area contributed by atoms with E-state index in [-0.39, 0.29) is 18.6 Å². The number of methoxy groups -OCH3 is 1. The van der Waals surface area contributed by atoms with Crippen molar-refractivity contribution in [2.24, 2.45) is 0 Å². The van der Waals surface area contributed by atoms with E-state index in [2.05, 4.69) is 20.6 Å². The van der Waals surface area contributed by atoms with E-state index in [0.717, 1.165) is 65.1 Å². The second-order valence-electron chi connectivity index (χ2n) is 8.78. The maximum absolute atomic E-state index is 11.0. The van der Waals surface area contributed by atoms with E-state index >= 15 is 0 Å². The quantitative estimate of drug-likeness (QED) is 0.330. The van der Waals surface area contributed by atoms with Gasteiger partial charge in [-0.15, -0.1) is 0 Å². The lowest BCUT2D eigenvalue weighted by Crippen LogP contribution is -2.41. The van der Waals surface area contributed by atoms with Gasteiger partial charge in [-0.25, -0.2) is 9.97 Å². The predicted molar refractivity (Wildman–Crippen MR) is 135 cm³/mol. The molecule has 2 heterocycles. The number of anilines is 1. The van der Waals surface area contributed by atoms with Gasteiger partial charge in [-0.2, -0.15) is 0 Å². The van der Waals surface area contributed by atoms with Gasteiger partial charge in [0.25, 0.3) is 0 Å². The average Bonchev–Trinajstić information content (AvgIpc) is 3.29. The highest BCUT2D eigenvalue weighted by molar-refractivity contribution is 6.05. The molecule has 5 rings (SSSR count). The highest BCUT2D eigenvalue weighted by atomic mass is 16.5. The molecule has 1 fully saturated rings. The van der Waals surface area contributed by atoms with Crippen molar-refractivity contribution >= 4 is 22.9 Å². The summed E-state index contributed by atoms with van der Waals surface area (Å²) in [5, 5.41) is 16.6. The minimum Gasteiger partial charge on any atom is -0.497 e. The molecule has 0 radical (unpaired) electrons. The molecule has 3 N–H and O–H groups in total. The van der Waals surface area contributed by atoms with Crippen LogP contribution in [0.1, 0.15) is 25.7 Å². The van der Waals surface area contributed by atoms with Crippen molar-refractivity contribution in [1.82, 2.24) is 15.3 Å². The number of hydrogen-bond acceptors (Lipinski definition) is 7. The van der Waals surface area contributed by atoms with Crippen molar-refractivity contribution < 1.29 is 19.1 Å². The van der Waals surface area contributed by atoms with Gasteiger partial charge in [-0.3, -0.25) is 4.79 Å². The van der Waals surface area contributed by atoms with Gasteiger partial charge in [0.15, 0.2) is 0 Å². The van der Waals surface area contributed by atoms with Gasteiger partial charge in [-0.05, 0) is 43.4 Å². The van der Waals surface area contributed by atoms with Crippen LogP contribution in [0, 0.1) is 0 Å². The van der Waals surface area contributed by atoms with Crippen molar-refractivity contribution in [2.75, 3.05) is 19.0 Å². The lowest BCUT2D eigenvalue weighted by atomic mass is 9.90. The van der Waals surface area contributed by atoms with E-state index < -0.39 is 5.97 Å². The molecule has 180 valence electrons. The molecule has 1 aliphatic carbocycles. The van der Waals surface area contributed by atoms with Gasteiger partial charge >= 0.3 is 5.97 Å². The monoisotopic (exact) mass is 472 g/mol. The Balaban J connectivity index is 1.55. The van der Waals surface area contributed by atoms with Gasteiger partial charge in [0.2, 0.25) is 5.71 Å². The molecule has 0 unspecified atom stereocenters. The Hall–Kier alpha value is -3.91. The van der Waals surface area contributed by atoms with Crippen molar-refractivity contribution in [2.45, 2.75) is 37.8 Å². The molecule has 2 aromatic heterocycles. The SMILES string of the molecule is COc1ccc(-c2c(-c3ccccc3)oc3ncnc(N[C@@H]4CCC[C@H](NCC(=O)O)C4)c23)cc1. The third-order valence-electron chi connectivity index (χ3n) is 6.46. The molecule has 35 heavy (non-hydrogen) atoms. The lowest BCUT2D eigenvalue weighted by Gasteiger charge is -2.30. The normalized spacial score (nSPS) is 17.9. The molecule has 0 bridgehead atoms. The first-order chi connectivity index (χ1) is 17.1. The molecule has 2 aromatic carbocycles. The highest BCUT2D eigenvalue weighted by Crippen LogP contribution is 2.43. The molecule has 0 spiro atoms.